The molecule has 0 spiro atoms. The molecule has 4 saturated carbocycles. The van der Waals surface area contributed by atoms with Crippen LogP contribution in [0.1, 0.15) is 89.8 Å². The zero-order valence-corrected chi connectivity index (χ0v) is 29.6. The van der Waals surface area contributed by atoms with Gasteiger partial charge in [-0.3, -0.25) is 14.6 Å². The van der Waals surface area contributed by atoms with Crippen LogP contribution < -0.4 is 10.6 Å². The molecule has 4 fully saturated rings. The Morgan fingerprint density at radius 1 is 0.878 bits per heavy atom. The van der Waals surface area contributed by atoms with Gasteiger partial charge < -0.3 is 25.1 Å². The number of carbonyl (C=O) groups is 3. The lowest BCUT2D eigenvalue weighted by Crippen LogP contribution is -2.60. The summed E-state index contributed by atoms with van der Waals surface area (Å²) in [6, 6.07) is 16.0. The van der Waals surface area contributed by atoms with E-state index >= 15 is 0 Å². The standard InChI is InChI=1S/C40H52N4O5/c1-25(16-35(45)49-39(2,3)4)42-23-29-11-7-6-10-28(29)14-15-41-37(46)40(5,22-32-24-43-34-13-9-8-12-33(32)34)44-38(47)48-36-30-18-26-17-27(20-30)21-31(36)19-26/h6-13,24,26-27,30-31,36,43H,14-23H2,1-5H3,(H,41,46)(H,44,47). The monoisotopic (exact) mass is 668 g/mol. The Morgan fingerprint density at radius 3 is 2.22 bits per heavy atom. The number of esters is 1. The first-order valence-corrected chi connectivity index (χ1v) is 18.0. The van der Waals surface area contributed by atoms with Gasteiger partial charge in [-0.05, 0) is 120 Å². The van der Waals surface area contributed by atoms with E-state index in [-0.39, 0.29) is 24.4 Å². The number of para-hydroxylation sites is 1. The number of ether oxygens (including phenoxy) is 2. The van der Waals surface area contributed by atoms with Crippen LogP contribution in [0, 0.1) is 23.7 Å². The molecule has 0 radical (unpaired) electrons. The summed E-state index contributed by atoms with van der Waals surface area (Å²) in [5.74, 6) is 1.87. The second-order valence-electron chi connectivity index (χ2n) is 15.9. The van der Waals surface area contributed by atoms with E-state index in [0.29, 0.717) is 43.5 Å². The smallest absolute Gasteiger partial charge is 0.408 e. The predicted molar refractivity (Wildman–Crippen MR) is 191 cm³/mol. The molecule has 9 nitrogen and oxygen atoms in total. The fourth-order valence-corrected chi connectivity index (χ4v) is 8.61. The zero-order valence-electron chi connectivity index (χ0n) is 29.6. The molecule has 0 saturated heterocycles. The number of aromatic amines is 1. The molecule has 3 N–H and O–H groups in total. The fourth-order valence-electron chi connectivity index (χ4n) is 8.61. The van der Waals surface area contributed by atoms with Gasteiger partial charge in [-0.2, -0.15) is 0 Å². The van der Waals surface area contributed by atoms with Crippen LogP contribution in [0.15, 0.2) is 59.7 Å². The van der Waals surface area contributed by atoms with Crippen molar-refractivity contribution in [2.24, 2.45) is 28.7 Å². The molecule has 1 unspecified atom stereocenters. The summed E-state index contributed by atoms with van der Waals surface area (Å²) < 4.78 is 11.6. The normalized spacial score (nSPS) is 24.3. The molecule has 4 bridgehead atoms. The number of aromatic nitrogens is 1. The first kappa shape index (κ1) is 34.7. The van der Waals surface area contributed by atoms with Crippen LogP contribution in [-0.4, -0.2) is 52.5 Å². The molecule has 3 aromatic rings. The van der Waals surface area contributed by atoms with Crippen molar-refractivity contribution in [2.45, 2.75) is 110 Å². The molecule has 1 heterocycles. The number of aliphatic imine (C=N–C) groups is 1. The molecule has 49 heavy (non-hydrogen) atoms. The summed E-state index contributed by atoms with van der Waals surface area (Å²) in [5.41, 5.74) is 2.95. The van der Waals surface area contributed by atoms with Crippen molar-refractivity contribution in [1.29, 1.82) is 0 Å². The van der Waals surface area contributed by atoms with Crippen LogP contribution in [0.2, 0.25) is 0 Å². The highest BCUT2D eigenvalue weighted by Crippen LogP contribution is 2.54. The lowest BCUT2D eigenvalue weighted by atomic mass is 9.55. The third-order valence-corrected chi connectivity index (χ3v) is 10.6. The summed E-state index contributed by atoms with van der Waals surface area (Å²) in [6.45, 7) is 9.98. The van der Waals surface area contributed by atoms with Crippen LogP contribution in [0.5, 0.6) is 0 Å². The summed E-state index contributed by atoms with van der Waals surface area (Å²) in [6.07, 6.45) is 8.29. The Hall–Kier alpha value is -4.14. The van der Waals surface area contributed by atoms with Crippen molar-refractivity contribution in [3.8, 4) is 0 Å². The molecule has 7 rings (SSSR count). The lowest BCUT2D eigenvalue weighted by molar-refractivity contribution is -0.153. The molecule has 4 aliphatic rings. The quantitative estimate of drug-likeness (QED) is 0.141. The van der Waals surface area contributed by atoms with E-state index in [4.69, 9.17) is 9.47 Å². The van der Waals surface area contributed by atoms with E-state index in [9.17, 15) is 14.4 Å². The van der Waals surface area contributed by atoms with Crippen molar-refractivity contribution in [3.05, 3.63) is 71.4 Å². The topological polar surface area (TPSA) is 122 Å². The van der Waals surface area contributed by atoms with Gasteiger partial charge in [0.1, 0.15) is 17.2 Å². The number of fused-ring (bicyclic) bond motifs is 1. The van der Waals surface area contributed by atoms with Crippen LogP contribution in [0.3, 0.4) is 0 Å². The molecular formula is C40H52N4O5. The van der Waals surface area contributed by atoms with E-state index in [2.05, 4.69) is 20.6 Å². The van der Waals surface area contributed by atoms with Gasteiger partial charge in [0.2, 0.25) is 5.91 Å². The highest BCUT2D eigenvalue weighted by Gasteiger charge is 2.50. The van der Waals surface area contributed by atoms with Crippen LogP contribution in [-0.2, 0) is 38.4 Å². The number of nitrogens with zero attached hydrogens (tertiary/aromatic N) is 1. The number of H-pyrrole nitrogens is 1. The predicted octanol–water partition coefficient (Wildman–Crippen LogP) is 7.07. The summed E-state index contributed by atoms with van der Waals surface area (Å²) in [5, 5.41) is 7.17. The highest BCUT2D eigenvalue weighted by molar-refractivity contribution is 5.97. The SMILES string of the molecule is CC(CC(=O)OC(C)(C)C)=NCc1ccccc1CCNC(=O)C(C)(Cc1c[nH]c2ccccc12)NC(=O)OC1C2CC3CC(C2)CC1C3. The lowest BCUT2D eigenvalue weighted by Gasteiger charge is -2.53. The van der Waals surface area contributed by atoms with Gasteiger partial charge in [-0.1, -0.05) is 42.5 Å². The minimum atomic E-state index is -1.24. The fraction of sp³-hybridized carbons (Fsp3) is 0.550. The van der Waals surface area contributed by atoms with Gasteiger partial charge >= 0.3 is 12.1 Å². The maximum absolute atomic E-state index is 14.0. The van der Waals surface area contributed by atoms with E-state index in [1.54, 1.807) is 6.92 Å². The number of benzene rings is 2. The second-order valence-corrected chi connectivity index (χ2v) is 15.9. The van der Waals surface area contributed by atoms with Gasteiger partial charge in [-0.15, -0.1) is 0 Å². The molecule has 2 aromatic carbocycles. The molecule has 2 amide bonds. The molecule has 262 valence electrons. The minimum absolute atomic E-state index is 0.0693. The molecular weight excluding hydrogens is 616 g/mol. The Balaban J connectivity index is 1.11. The Labute approximate surface area is 290 Å². The third-order valence-electron chi connectivity index (χ3n) is 10.6. The van der Waals surface area contributed by atoms with Gasteiger partial charge in [0.15, 0.2) is 0 Å². The summed E-state index contributed by atoms with van der Waals surface area (Å²) in [7, 11) is 0. The first-order valence-electron chi connectivity index (χ1n) is 18.0. The van der Waals surface area contributed by atoms with Crippen LogP contribution >= 0.6 is 0 Å². The number of nitrogens with one attached hydrogen (secondary N) is 3. The summed E-state index contributed by atoms with van der Waals surface area (Å²) >= 11 is 0. The maximum Gasteiger partial charge on any atom is 0.408 e. The minimum Gasteiger partial charge on any atom is -0.460 e. The molecule has 9 heteroatoms. The number of hydrogen-bond acceptors (Lipinski definition) is 6. The van der Waals surface area contributed by atoms with Crippen molar-refractivity contribution >= 4 is 34.6 Å². The Bertz CT molecular complexity index is 1680. The van der Waals surface area contributed by atoms with Crippen LogP contribution in [0.4, 0.5) is 4.79 Å². The maximum atomic E-state index is 14.0. The number of alkyl carbamates (subject to hydrolysis) is 1. The number of amides is 2. The van der Waals surface area contributed by atoms with Gasteiger partial charge in [-0.25, -0.2) is 4.79 Å². The average Bonchev–Trinajstić information content (AvgIpc) is 3.43. The molecule has 1 aromatic heterocycles. The van der Waals surface area contributed by atoms with Gasteiger partial charge in [0.05, 0.1) is 13.0 Å². The molecule has 4 aliphatic carbocycles. The van der Waals surface area contributed by atoms with E-state index in [1.165, 1.54) is 6.42 Å². The van der Waals surface area contributed by atoms with Gasteiger partial charge in [0, 0.05) is 35.8 Å². The Kier molecular flexibility index (Phi) is 10.2. The second kappa shape index (κ2) is 14.4. The number of hydrogen-bond donors (Lipinski definition) is 3. The first-order chi connectivity index (χ1) is 23.3. The van der Waals surface area contributed by atoms with Crippen molar-refractivity contribution < 1.29 is 23.9 Å². The van der Waals surface area contributed by atoms with Crippen LogP contribution in [0.25, 0.3) is 10.9 Å². The van der Waals surface area contributed by atoms with Crippen molar-refractivity contribution in [2.75, 3.05) is 6.54 Å². The van der Waals surface area contributed by atoms with E-state index in [0.717, 1.165) is 65.1 Å². The third kappa shape index (κ3) is 8.54. The largest absolute Gasteiger partial charge is 0.460 e. The van der Waals surface area contributed by atoms with Crippen molar-refractivity contribution in [3.63, 3.8) is 0 Å². The number of rotatable bonds is 12. The van der Waals surface area contributed by atoms with E-state index < -0.39 is 17.2 Å². The number of carbonyl (C=O) groups excluding carboxylic acids is 3. The molecule has 0 aliphatic heterocycles. The van der Waals surface area contributed by atoms with Gasteiger partial charge in [0.25, 0.3) is 0 Å². The average molecular weight is 669 g/mol. The highest BCUT2D eigenvalue weighted by atomic mass is 16.6. The zero-order chi connectivity index (χ0) is 34.8. The summed E-state index contributed by atoms with van der Waals surface area (Å²) in [4.78, 5) is 47.8. The van der Waals surface area contributed by atoms with E-state index in [1.807, 2.05) is 82.4 Å². The molecule has 1 atom stereocenters. The van der Waals surface area contributed by atoms with Crippen molar-refractivity contribution in [1.82, 2.24) is 15.6 Å². The Morgan fingerprint density at radius 2 is 1.53 bits per heavy atom.